The molecule has 5 nitrogen and oxygen atoms in total. The summed E-state index contributed by atoms with van der Waals surface area (Å²) in [5, 5.41) is 2.75. The first-order chi connectivity index (χ1) is 8.04. The molecule has 1 amide bonds. The molecule has 0 aliphatic heterocycles. The second-order valence-electron chi connectivity index (χ2n) is 4.11. The smallest absolute Gasteiger partial charge is 0.251 e. The summed E-state index contributed by atoms with van der Waals surface area (Å²) < 4.78 is 4.86. The third-order valence-electron chi connectivity index (χ3n) is 2.31. The number of nitrogen functional groups attached to an aromatic ring is 1. The first-order valence-corrected chi connectivity index (χ1v) is 5.59. The molecule has 94 valence electrons. The highest BCUT2D eigenvalue weighted by molar-refractivity contribution is 5.94. The van der Waals surface area contributed by atoms with Crippen LogP contribution in [0.25, 0.3) is 0 Å². The number of ether oxygens (including phenoxy) is 1. The molecule has 5 heteroatoms. The number of nitrogens with two attached hydrogens (primary N) is 1. The van der Waals surface area contributed by atoms with Crippen molar-refractivity contribution in [2.75, 3.05) is 26.0 Å². The molecular formula is C12H19N3O2. The number of amides is 1. The van der Waals surface area contributed by atoms with Gasteiger partial charge in [0.25, 0.3) is 5.91 Å². The van der Waals surface area contributed by atoms with Crippen LogP contribution in [0.3, 0.4) is 0 Å². The molecular weight excluding hydrogens is 218 g/mol. The number of rotatable bonds is 5. The van der Waals surface area contributed by atoms with Gasteiger partial charge in [-0.3, -0.25) is 4.79 Å². The van der Waals surface area contributed by atoms with E-state index >= 15 is 0 Å². The van der Waals surface area contributed by atoms with Crippen LogP contribution in [0.5, 0.6) is 0 Å². The molecule has 0 aromatic carbocycles. The maximum absolute atomic E-state index is 11.8. The Morgan fingerprint density at radius 2 is 2.24 bits per heavy atom. The number of methoxy groups -OCH3 is 1. The Morgan fingerprint density at radius 3 is 2.82 bits per heavy atom. The van der Waals surface area contributed by atoms with Gasteiger partial charge in [0.15, 0.2) is 0 Å². The van der Waals surface area contributed by atoms with Gasteiger partial charge in [-0.05, 0) is 18.1 Å². The van der Waals surface area contributed by atoms with Crippen LogP contribution in [0, 0.1) is 0 Å². The first kappa shape index (κ1) is 13.4. The minimum Gasteiger partial charge on any atom is -0.384 e. The summed E-state index contributed by atoms with van der Waals surface area (Å²) in [5.41, 5.74) is 7.03. The molecule has 0 atom stereocenters. The molecule has 1 aromatic heterocycles. The van der Waals surface area contributed by atoms with Crippen molar-refractivity contribution in [1.82, 2.24) is 10.3 Å². The summed E-state index contributed by atoms with van der Waals surface area (Å²) in [7, 11) is 1.59. The van der Waals surface area contributed by atoms with Crippen molar-refractivity contribution < 1.29 is 9.53 Å². The number of anilines is 1. The second-order valence-corrected chi connectivity index (χ2v) is 4.11. The molecule has 1 heterocycles. The summed E-state index contributed by atoms with van der Waals surface area (Å²) in [6, 6.07) is 3.34. The van der Waals surface area contributed by atoms with E-state index in [0.29, 0.717) is 24.5 Å². The van der Waals surface area contributed by atoms with Crippen LogP contribution < -0.4 is 11.1 Å². The van der Waals surface area contributed by atoms with Crippen LogP contribution in [-0.2, 0) is 4.74 Å². The van der Waals surface area contributed by atoms with Crippen molar-refractivity contribution in [3.05, 3.63) is 23.4 Å². The zero-order chi connectivity index (χ0) is 12.8. The van der Waals surface area contributed by atoms with Gasteiger partial charge in [0.1, 0.15) is 5.82 Å². The molecule has 0 unspecified atom stereocenters. The van der Waals surface area contributed by atoms with Crippen LogP contribution in [0.2, 0.25) is 0 Å². The van der Waals surface area contributed by atoms with E-state index in [2.05, 4.69) is 10.3 Å². The molecule has 0 spiro atoms. The fourth-order valence-electron chi connectivity index (χ4n) is 1.37. The average molecular weight is 237 g/mol. The van der Waals surface area contributed by atoms with Gasteiger partial charge in [0, 0.05) is 24.9 Å². The van der Waals surface area contributed by atoms with Crippen LogP contribution in [0.4, 0.5) is 5.82 Å². The molecule has 0 aliphatic rings. The number of carbonyl (C=O) groups is 1. The lowest BCUT2D eigenvalue weighted by molar-refractivity contribution is 0.0937. The maximum Gasteiger partial charge on any atom is 0.251 e. The Morgan fingerprint density at radius 1 is 1.53 bits per heavy atom. The van der Waals surface area contributed by atoms with Gasteiger partial charge in [-0.1, -0.05) is 13.8 Å². The van der Waals surface area contributed by atoms with Gasteiger partial charge in [-0.25, -0.2) is 4.98 Å². The Balaban J connectivity index is 2.79. The van der Waals surface area contributed by atoms with E-state index in [-0.39, 0.29) is 11.8 Å². The largest absolute Gasteiger partial charge is 0.384 e. The van der Waals surface area contributed by atoms with Gasteiger partial charge in [0.05, 0.1) is 6.61 Å². The third-order valence-corrected chi connectivity index (χ3v) is 2.31. The summed E-state index contributed by atoms with van der Waals surface area (Å²) in [5.74, 6) is 0.454. The number of nitrogens with zero attached hydrogens (tertiary/aromatic N) is 1. The highest BCUT2D eigenvalue weighted by Gasteiger charge is 2.10. The summed E-state index contributed by atoms with van der Waals surface area (Å²) in [6.07, 6.45) is 0. The van der Waals surface area contributed by atoms with Crippen LogP contribution in [0.1, 0.15) is 35.8 Å². The Bertz CT molecular complexity index is 391. The zero-order valence-corrected chi connectivity index (χ0v) is 10.5. The van der Waals surface area contributed by atoms with Gasteiger partial charge in [-0.2, -0.15) is 0 Å². The monoisotopic (exact) mass is 237 g/mol. The standard InChI is InChI=1S/C12H19N3O2/c1-8(2)10-6-9(7-11(13)15-10)12(16)14-4-5-17-3/h6-8H,4-5H2,1-3H3,(H2,13,15)(H,14,16). The Hall–Kier alpha value is -1.62. The normalized spacial score (nSPS) is 10.6. The predicted molar refractivity (Wildman–Crippen MR) is 66.9 cm³/mol. The fraction of sp³-hybridized carbons (Fsp3) is 0.500. The van der Waals surface area contributed by atoms with Gasteiger partial charge in [0.2, 0.25) is 0 Å². The molecule has 0 fully saturated rings. The van der Waals surface area contributed by atoms with Crippen molar-refractivity contribution in [1.29, 1.82) is 0 Å². The average Bonchev–Trinajstić information content (AvgIpc) is 2.28. The fourth-order valence-corrected chi connectivity index (χ4v) is 1.37. The van der Waals surface area contributed by atoms with Crippen molar-refractivity contribution >= 4 is 11.7 Å². The van der Waals surface area contributed by atoms with Crippen molar-refractivity contribution in [3.63, 3.8) is 0 Å². The van der Waals surface area contributed by atoms with Crippen LogP contribution in [-0.4, -0.2) is 31.2 Å². The number of hydrogen-bond donors (Lipinski definition) is 2. The SMILES string of the molecule is COCCNC(=O)c1cc(N)nc(C(C)C)c1. The van der Waals surface area contributed by atoms with E-state index in [1.54, 1.807) is 19.2 Å². The van der Waals surface area contributed by atoms with Gasteiger partial charge < -0.3 is 15.8 Å². The molecule has 3 N–H and O–H groups in total. The molecule has 1 aromatic rings. The lowest BCUT2D eigenvalue weighted by atomic mass is 10.1. The van der Waals surface area contributed by atoms with E-state index in [1.807, 2.05) is 13.8 Å². The Kier molecular flexibility index (Phi) is 4.90. The molecule has 0 bridgehead atoms. The van der Waals surface area contributed by atoms with Crippen molar-refractivity contribution in [2.45, 2.75) is 19.8 Å². The highest BCUT2D eigenvalue weighted by atomic mass is 16.5. The van der Waals surface area contributed by atoms with Crippen LogP contribution >= 0.6 is 0 Å². The molecule has 1 rings (SSSR count). The minimum atomic E-state index is -0.155. The number of nitrogens with one attached hydrogen (secondary N) is 1. The lowest BCUT2D eigenvalue weighted by Gasteiger charge is -2.09. The summed E-state index contributed by atoms with van der Waals surface area (Å²) in [4.78, 5) is 16.0. The first-order valence-electron chi connectivity index (χ1n) is 5.59. The van der Waals surface area contributed by atoms with Gasteiger partial charge >= 0.3 is 0 Å². The lowest BCUT2D eigenvalue weighted by Crippen LogP contribution is -2.27. The zero-order valence-electron chi connectivity index (χ0n) is 10.5. The minimum absolute atomic E-state index is 0.155. The quantitative estimate of drug-likeness (QED) is 0.753. The number of hydrogen-bond acceptors (Lipinski definition) is 4. The van der Waals surface area contributed by atoms with E-state index < -0.39 is 0 Å². The molecule has 0 radical (unpaired) electrons. The highest BCUT2D eigenvalue weighted by Crippen LogP contribution is 2.15. The van der Waals surface area contributed by atoms with E-state index in [9.17, 15) is 4.79 Å². The summed E-state index contributed by atoms with van der Waals surface area (Å²) >= 11 is 0. The topological polar surface area (TPSA) is 77.2 Å². The molecule has 17 heavy (non-hydrogen) atoms. The van der Waals surface area contributed by atoms with Gasteiger partial charge in [-0.15, -0.1) is 0 Å². The van der Waals surface area contributed by atoms with Crippen LogP contribution in [0.15, 0.2) is 12.1 Å². The molecule has 0 aliphatic carbocycles. The number of carbonyl (C=O) groups excluding carboxylic acids is 1. The maximum atomic E-state index is 11.8. The number of pyridine rings is 1. The second kappa shape index (κ2) is 6.20. The van der Waals surface area contributed by atoms with E-state index in [4.69, 9.17) is 10.5 Å². The third kappa shape index (κ3) is 4.03. The van der Waals surface area contributed by atoms with Crippen molar-refractivity contribution in [3.8, 4) is 0 Å². The van der Waals surface area contributed by atoms with E-state index in [1.165, 1.54) is 0 Å². The molecule has 0 saturated carbocycles. The van der Waals surface area contributed by atoms with Crippen molar-refractivity contribution in [2.24, 2.45) is 0 Å². The van der Waals surface area contributed by atoms with E-state index in [0.717, 1.165) is 5.69 Å². The predicted octanol–water partition coefficient (Wildman–Crippen LogP) is 1.16. The summed E-state index contributed by atoms with van der Waals surface area (Å²) in [6.45, 7) is 4.99. The Labute approximate surface area is 101 Å². The molecule has 0 saturated heterocycles. The number of aromatic nitrogens is 1.